The quantitative estimate of drug-likeness (QED) is 0.361. The molecule has 5 nitrogen and oxygen atoms in total. The van der Waals surface area contributed by atoms with Gasteiger partial charge in [0.25, 0.3) is 0 Å². The van der Waals surface area contributed by atoms with E-state index in [0.717, 1.165) is 0 Å². The van der Waals surface area contributed by atoms with Gasteiger partial charge in [-0.3, -0.25) is 0 Å². The molecule has 1 aliphatic rings. The van der Waals surface area contributed by atoms with Crippen LogP contribution in [0.25, 0.3) is 0 Å². The molecule has 0 radical (unpaired) electrons. The molecular weight excluding hydrogens is 140 g/mol. The number of carbonyl (C=O) groups excluding carboxylic acids is 1. The van der Waals surface area contributed by atoms with Crippen molar-refractivity contribution in [2.24, 2.45) is 0 Å². The Labute approximate surface area is 56.9 Å². The summed E-state index contributed by atoms with van der Waals surface area (Å²) in [7, 11) is 0. The molecule has 0 aliphatic carbocycles. The summed E-state index contributed by atoms with van der Waals surface area (Å²) in [5.74, 6) is 0. The van der Waals surface area contributed by atoms with E-state index in [0.29, 0.717) is 6.29 Å². The van der Waals surface area contributed by atoms with Crippen LogP contribution in [0.15, 0.2) is 0 Å². The lowest BCUT2D eigenvalue weighted by Crippen LogP contribution is -2.32. The van der Waals surface area contributed by atoms with Crippen molar-refractivity contribution in [3.05, 3.63) is 0 Å². The van der Waals surface area contributed by atoms with Crippen molar-refractivity contribution in [3.63, 3.8) is 0 Å². The molecule has 0 aromatic rings. The second-order valence-electron chi connectivity index (χ2n) is 2.11. The fraction of sp³-hybridized carbons (Fsp3) is 0.800. The first-order chi connectivity index (χ1) is 4.66. The molecule has 0 aromatic heterocycles. The van der Waals surface area contributed by atoms with Crippen LogP contribution in [0, 0.1) is 0 Å². The molecule has 58 valence electrons. The van der Waals surface area contributed by atoms with E-state index < -0.39 is 24.6 Å². The second-order valence-corrected chi connectivity index (χ2v) is 2.11. The molecule has 1 fully saturated rings. The maximum absolute atomic E-state index is 10.0. The third kappa shape index (κ3) is 1.04. The molecule has 1 aliphatic heterocycles. The summed E-state index contributed by atoms with van der Waals surface area (Å²) in [6.45, 7) is 0. The van der Waals surface area contributed by atoms with Gasteiger partial charge in [-0.2, -0.15) is 0 Å². The number of aldehydes is 1. The zero-order chi connectivity index (χ0) is 7.72. The molecule has 10 heavy (non-hydrogen) atoms. The van der Waals surface area contributed by atoms with Gasteiger partial charge in [-0.1, -0.05) is 0 Å². The predicted molar refractivity (Wildman–Crippen MR) is 29.0 cm³/mol. The van der Waals surface area contributed by atoms with Crippen LogP contribution in [0.5, 0.6) is 0 Å². The van der Waals surface area contributed by atoms with E-state index in [4.69, 9.17) is 15.3 Å². The number of ether oxygens (including phenoxy) is 1. The molecule has 5 heteroatoms. The first-order valence-corrected chi connectivity index (χ1v) is 2.82. The maximum atomic E-state index is 10.0. The van der Waals surface area contributed by atoms with Crippen LogP contribution in [0.3, 0.4) is 0 Å². The van der Waals surface area contributed by atoms with Crippen LogP contribution in [0.1, 0.15) is 0 Å². The Bertz CT molecular complexity index is 136. The average Bonchev–Trinajstić information content (AvgIpc) is 2.17. The van der Waals surface area contributed by atoms with E-state index in [-0.39, 0.29) is 0 Å². The van der Waals surface area contributed by atoms with Gasteiger partial charge < -0.3 is 24.9 Å². The van der Waals surface area contributed by atoms with E-state index >= 15 is 0 Å². The highest BCUT2D eigenvalue weighted by Crippen LogP contribution is 2.17. The normalized spacial score (nSPS) is 47.5. The Morgan fingerprint density at radius 2 is 1.80 bits per heavy atom. The van der Waals surface area contributed by atoms with Crippen molar-refractivity contribution in [1.29, 1.82) is 0 Å². The summed E-state index contributed by atoms with van der Waals surface area (Å²) in [5.41, 5.74) is 0. The average molecular weight is 148 g/mol. The van der Waals surface area contributed by atoms with Gasteiger partial charge in [0.2, 0.25) is 0 Å². The number of hydrogen-bond acceptors (Lipinski definition) is 5. The predicted octanol–water partition coefficient (Wildman–Crippen LogP) is -2.38. The molecule has 0 amide bonds. The highest BCUT2D eigenvalue weighted by molar-refractivity contribution is 5.58. The Morgan fingerprint density at radius 3 is 2.00 bits per heavy atom. The Morgan fingerprint density at radius 1 is 1.20 bits per heavy atom. The van der Waals surface area contributed by atoms with Gasteiger partial charge >= 0.3 is 0 Å². The van der Waals surface area contributed by atoms with Crippen LogP contribution in [0.2, 0.25) is 0 Å². The van der Waals surface area contributed by atoms with E-state index in [1.54, 1.807) is 0 Å². The molecule has 0 saturated carbocycles. The van der Waals surface area contributed by atoms with Gasteiger partial charge in [0.05, 0.1) is 0 Å². The Hall–Kier alpha value is -0.490. The second kappa shape index (κ2) is 2.63. The van der Waals surface area contributed by atoms with Crippen LogP contribution in [0.4, 0.5) is 0 Å². The maximum Gasteiger partial charge on any atom is 0.184 e. The van der Waals surface area contributed by atoms with E-state index in [1.807, 2.05) is 0 Å². The summed E-state index contributed by atoms with van der Waals surface area (Å²) in [6, 6.07) is 0. The standard InChI is InChI=1S/C5H8O5/c6-1-2-3(7)4(8)5(9)10-2/h1-5,7-9H/t2-,3-,4-,5?/m1/s1. The van der Waals surface area contributed by atoms with Gasteiger partial charge in [0, 0.05) is 0 Å². The molecule has 0 spiro atoms. The third-order valence-electron chi connectivity index (χ3n) is 1.41. The highest BCUT2D eigenvalue weighted by Gasteiger charge is 2.41. The smallest absolute Gasteiger partial charge is 0.184 e. The van der Waals surface area contributed by atoms with Gasteiger partial charge in [-0.15, -0.1) is 0 Å². The van der Waals surface area contributed by atoms with Crippen LogP contribution in [-0.4, -0.2) is 46.2 Å². The lowest BCUT2D eigenvalue weighted by atomic mass is 10.1. The molecule has 1 rings (SSSR count). The SMILES string of the molecule is O=C[C@H]1OC(O)[C@H](O)[C@@H]1O. The fourth-order valence-electron chi connectivity index (χ4n) is 0.798. The highest BCUT2D eigenvalue weighted by atomic mass is 16.6. The van der Waals surface area contributed by atoms with Gasteiger partial charge in [0.1, 0.15) is 18.3 Å². The number of aliphatic hydroxyl groups excluding tert-OH is 3. The van der Waals surface area contributed by atoms with Crippen LogP contribution < -0.4 is 0 Å². The van der Waals surface area contributed by atoms with Gasteiger partial charge in [0.15, 0.2) is 12.6 Å². The number of aliphatic hydroxyl groups is 3. The van der Waals surface area contributed by atoms with E-state index in [1.165, 1.54) is 0 Å². The van der Waals surface area contributed by atoms with E-state index in [9.17, 15) is 4.79 Å². The van der Waals surface area contributed by atoms with Crippen molar-refractivity contribution in [1.82, 2.24) is 0 Å². The first kappa shape index (κ1) is 7.62. The summed E-state index contributed by atoms with van der Waals surface area (Å²) in [4.78, 5) is 10.0. The first-order valence-electron chi connectivity index (χ1n) is 2.82. The summed E-state index contributed by atoms with van der Waals surface area (Å²) < 4.78 is 4.42. The van der Waals surface area contributed by atoms with Crippen molar-refractivity contribution >= 4 is 6.29 Å². The number of hydrogen-bond donors (Lipinski definition) is 3. The molecule has 1 saturated heterocycles. The molecule has 1 unspecified atom stereocenters. The molecule has 4 atom stereocenters. The van der Waals surface area contributed by atoms with Gasteiger partial charge in [-0.05, 0) is 0 Å². The topological polar surface area (TPSA) is 87.0 Å². The van der Waals surface area contributed by atoms with Crippen molar-refractivity contribution in [2.45, 2.75) is 24.6 Å². The van der Waals surface area contributed by atoms with Crippen molar-refractivity contribution < 1.29 is 24.9 Å². The fourth-order valence-corrected chi connectivity index (χ4v) is 0.798. The Kier molecular flexibility index (Phi) is 2.00. The summed E-state index contributed by atoms with van der Waals surface area (Å²) >= 11 is 0. The molecular formula is C5H8O5. The minimum atomic E-state index is -1.45. The number of carbonyl (C=O) groups is 1. The lowest BCUT2D eigenvalue weighted by Gasteiger charge is -2.06. The molecule has 0 bridgehead atoms. The summed E-state index contributed by atoms with van der Waals surface area (Å²) in [6.07, 6.45) is -4.91. The monoisotopic (exact) mass is 148 g/mol. The van der Waals surface area contributed by atoms with Crippen molar-refractivity contribution in [3.8, 4) is 0 Å². The minimum Gasteiger partial charge on any atom is -0.387 e. The van der Waals surface area contributed by atoms with E-state index in [2.05, 4.69) is 4.74 Å². The summed E-state index contributed by atoms with van der Waals surface area (Å²) in [5, 5.41) is 26.3. The largest absolute Gasteiger partial charge is 0.387 e. The number of rotatable bonds is 1. The molecule has 1 heterocycles. The zero-order valence-electron chi connectivity index (χ0n) is 5.04. The lowest BCUT2D eigenvalue weighted by molar-refractivity contribution is -0.140. The third-order valence-corrected chi connectivity index (χ3v) is 1.41. The van der Waals surface area contributed by atoms with Crippen LogP contribution in [-0.2, 0) is 9.53 Å². The molecule has 0 aromatic carbocycles. The van der Waals surface area contributed by atoms with Crippen molar-refractivity contribution in [2.75, 3.05) is 0 Å². The van der Waals surface area contributed by atoms with Gasteiger partial charge in [-0.25, -0.2) is 0 Å². The zero-order valence-corrected chi connectivity index (χ0v) is 5.04. The Balaban J connectivity index is 2.61. The molecule has 3 N–H and O–H groups in total. The minimum absolute atomic E-state index is 0.337. The van der Waals surface area contributed by atoms with Crippen LogP contribution >= 0.6 is 0 Å².